The molecular weight excluding hydrogens is 112 g/mol. The van der Waals surface area contributed by atoms with Crippen LogP contribution in [0.1, 0.15) is 39.0 Å². The van der Waals surface area contributed by atoms with Crippen LogP contribution < -0.4 is 5.84 Å². The zero-order valence-electron chi connectivity index (χ0n) is 6.14. The first-order valence-corrected chi connectivity index (χ1v) is 3.63. The fraction of sp³-hybridized carbons (Fsp3) is 0.857. The summed E-state index contributed by atoms with van der Waals surface area (Å²) in [6.07, 6.45) is 7.97. The van der Waals surface area contributed by atoms with Crippen molar-refractivity contribution in [3.63, 3.8) is 0 Å². The maximum absolute atomic E-state index is 4.91. The molecule has 0 aliphatic rings. The molecule has 9 heavy (non-hydrogen) atoms. The highest BCUT2D eigenvalue weighted by Gasteiger charge is 1.83. The minimum absolute atomic E-state index is 1.04. The second-order valence-electron chi connectivity index (χ2n) is 2.18. The lowest BCUT2D eigenvalue weighted by molar-refractivity contribution is 0.685. The van der Waals surface area contributed by atoms with Gasteiger partial charge < -0.3 is 5.84 Å². The van der Waals surface area contributed by atoms with E-state index < -0.39 is 0 Å². The normalized spacial score (nSPS) is 10.8. The van der Waals surface area contributed by atoms with Crippen LogP contribution in [-0.2, 0) is 0 Å². The number of nitrogens with zero attached hydrogens (tertiary/aromatic N) is 1. The highest BCUT2D eigenvalue weighted by Crippen LogP contribution is 1.99. The van der Waals surface area contributed by atoms with Gasteiger partial charge in [-0.05, 0) is 12.8 Å². The summed E-state index contributed by atoms with van der Waals surface area (Å²) in [5, 5.41) is 3.41. The molecule has 0 bridgehead atoms. The van der Waals surface area contributed by atoms with Gasteiger partial charge >= 0.3 is 0 Å². The Morgan fingerprint density at radius 2 is 2.11 bits per heavy atom. The molecule has 0 saturated carbocycles. The van der Waals surface area contributed by atoms with Gasteiger partial charge in [0.05, 0.1) is 0 Å². The Kier molecular flexibility index (Phi) is 7.03. The monoisotopic (exact) mass is 128 g/mol. The molecule has 0 fully saturated rings. The SMILES string of the molecule is CCCCCCC=NN. The molecule has 0 atom stereocenters. The molecule has 0 aromatic heterocycles. The van der Waals surface area contributed by atoms with Gasteiger partial charge in [0, 0.05) is 6.21 Å². The molecule has 0 rings (SSSR count). The van der Waals surface area contributed by atoms with Crippen LogP contribution in [0.15, 0.2) is 5.10 Å². The van der Waals surface area contributed by atoms with Crippen LogP contribution in [0.25, 0.3) is 0 Å². The molecular formula is C7H16N2. The van der Waals surface area contributed by atoms with E-state index in [-0.39, 0.29) is 0 Å². The van der Waals surface area contributed by atoms with Gasteiger partial charge in [0.2, 0.25) is 0 Å². The average molecular weight is 128 g/mol. The van der Waals surface area contributed by atoms with Crippen molar-refractivity contribution in [2.75, 3.05) is 0 Å². The van der Waals surface area contributed by atoms with Crippen molar-refractivity contribution in [2.24, 2.45) is 10.9 Å². The van der Waals surface area contributed by atoms with Gasteiger partial charge in [-0.2, -0.15) is 5.10 Å². The average Bonchev–Trinajstić information content (AvgIpc) is 1.89. The largest absolute Gasteiger partial charge is 0.324 e. The number of hydrogen-bond acceptors (Lipinski definition) is 2. The fourth-order valence-corrected chi connectivity index (χ4v) is 0.737. The second kappa shape index (κ2) is 7.47. The van der Waals surface area contributed by atoms with E-state index in [4.69, 9.17) is 5.84 Å². The van der Waals surface area contributed by atoms with E-state index in [1.165, 1.54) is 25.7 Å². The maximum Gasteiger partial charge on any atom is 0.0240 e. The predicted octanol–water partition coefficient (Wildman–Crippen LogP) is 1.90. The van der Waals surface area contributed by atoms with E-state index >= 15 is 0 Å². The first-order valence-electron chi connectivity index (χ1n) is 3.63. The lowest BCUT2D eigenvalue weighted by atomic mass is 10.2. The second-order valence-corrected chi connectivity index (χ2v) is 2.18. The molecule has 0 amide bonds. The smallest absolute Gasteiger partial charge is 0.0240 e. The summed E-state index contributed by atoms with van der Waals surface area (Å²) < 4.78 is 0. The Balaban J connectivity index is 2.75. The summed E-state index contributed by atoms with van der Waals surface area (Å²) in [5.74, 6) is 4.91. The Labute approximate surface area is 57.1 Å². The van der Waals surface area contributed by atoms with Gasteiger partial charge in [-0.25, -0.2) is 0 Å². The van der Waals surface area contributed by atoms with Gasteiger partial charge in [0.15, 0.2) is 0 Å². The molecule has 0 unspecified atom stereocenters. The van der Waals surface area contributed by atoms with E-state index in [1.54, 1.807) is 6.21 Å². The Morgan fingerprint density at radius 3 is 2.67 bits per heavy atom. The molecule has 2 nitrogen and oxygen atoms in total. The molecule has 0 aromatic rings. The van der Waals surface area contributed by atoms with Crippen LogP contribution in [0.5, 0.6) is 0 Å². The summed E-state index contributed by atoms with van der Waals surface area (Å²) in [6.45, 7) is 2.21. The molecule has 0 aliphatic carbocycles. The molecule has 0 aromatic carbocycles. The molecule has 54 valence electrons. The standard InChI is InChI=1S/C7H16N2/c1-2-3-4-5-6-7-9-8/h7H,2-6,8H2,1H3. The zero-order valence-corrected chi connectivity index (χ0v) is 6.14. The van der Waals surface area contributed by atoms with Crippen LogP contribution >= 0.6 is 0 Å². The van der Waals surface area contributed by atoms with Crippen LogP contribution in [0.3, 0.4) is 0 Å². The first-order chi connectivity index (χ1) is 4.41. The van der Waals surface area contributed by atoms with E-state index in [0.29, 0.717) is 0 Å². The summed E-state index contributed by atoms with van der Waals surface area (Å²) in [5.41, 5.74) is 0. The van der Waals surface area contributed by atoms with E-state index in [1.807, 2.05) is 0 Å². The summed E-state index contributed by atoms with van der Waals surface area (Å²) >= 11 is 0. The minimum Gasteiger partial charge on any atom is -0.324 e. The lowest BCUT2D eigenvalue weighted by Gasteiger charge is -1.91. The quantitative estimate of drug-likeness (QED) is 0.261. The van der Waals surface area contributed by atoms with Crippen molar-refractivity contribution in [3.8, 4) is 0 Å². The van der Waals surface area contributed by atoms with Gasteiger partial charge in [-0.15, -0.1) is 0 Å². The van der Waals surface area contributed by atoms with Crippen molar-refractivity contribution in [2.45, 2.75) is 39.0 Å². The van der Waals surface area contributed by atoms with Crippen LogP contribution in [-0.4, -0.2) is 6.21 Å². The van der Waals surface area contributed by atoms with Crippen molar-refractivity contribution < 1.29 is 0 Å². The van der Waals surface area contributed by atoms with Crippen LogP contribution in [0.4, 0.5) is 0 Å². The third-order valence-corrected chi connectivity index (χ3v) is 1.29. The Bertz CT molecular complexity index is 69.3. The van der Waals surface area contributed by atoms with Gasteiger partial charge in [-0.3, -0.25) is 0 Å². The summed E-state index contributed by atoms with van der Waals surface area (Å²) in [4.78, 5) is 0. The molecule has 0 spiro atoms. The fourth-order valence-electron chi connectivity index (χ4n) is 0.737. The van der Waals surface area contributed by atoms with Gasteiger partial charge in [0.25, 0.3) is 0 Å². The minimum atomic E-state index is 1.04. The van der Waals surface area contributed by atoms with E-state index in [2.05, 4.69) is 12.0 Å². The maximum atomic E-state index is 4.91. The van der Waals surface area contributed by atoms with Crippen molar-refractivity contribution >= 4 is 6.21 Å². The molecule has 0 aliphatic heterocycles. The van der Waals surface area contributed by atoms with Crippen molar-refractivity contribution in [1.82, 2.24) is 0 Å². The van der Waals surface area contributed by atoms with Crippen molar-refractivity contribution in [1.29, 1.82) is 0 Å². The summed E-state index contributed by atoms with van der Waals surface area (Å²) in [6, 6.07) is 0. The number of hydrogen-bond donors (Lipinski definition) is 1. The number of hydrazone groups is 1. The Morgan fingerprint density at radius 1 is 1.33 bits per heavy atom. The molecule has 2 heteroatoms. The number of rotatable bonds is 5. The van der Waals surface area contributed by atoms with Crippen LogP contribution in [0.2, 0.25) is 0 Å². The number of nitrogens with two attached hydrogens (primary N) is 1. The third-order valence-electron chi connectivity index (χ3n) is 1.29. The van der Waals surface area contributed by atoms with E-state index in [9.17, 15) is 0 Å². The van der Waals surface area contributed by atoms with Crippen LogP contribution in [0, 0.1) is 0 Å². The lowest BCUT2D eigenvalue weighted by Crippen LogP contribution is -1.83. The highest BCUT2D eigenvalue weighted by atomic mass is 15.1. The summed E-state index contributed by atoms with van der Waals surface area (Å²) in [7, 11) is 0. The third kappa shape index (κ3) is 7.47. The molecule has 0 heterocycles. The topological polar surface area (TPSA) is 38.4 Å². The highest BCUT2D eigenvalue weighted by molar-refractivity contribution is 5.56. The zero-order chi connectivity index (χ0) is 6.95. The predicted molar refractivity (Wildman–Crippen MR) is 41.4 cm³/mol. The van der Waals surface area contributed by atoms with Gasteiger partial charge in [0.1, 0.15) is 0 Å². The Hall–Kier alpha value is -0.530. The molecule has 2 N–H and O–H groups in total. The molecule has 0 saturated heterocycles. The number of unbranched alkanes of at least 4 members (excludes halogenated alkanes) is 4. The van der Waals surface area contributed by atoms with Crippen molar-refractivity contribution in [3.05, 3.63) is 0 Å². The van der Waals surface area contributed by atoms with Gasteiger partial charge in [-0.1, -0.05) is 26.2 Å². The first kappa shape index (κ1) is 8.47. The molecule has 0 radical (unpaired) electrons. The van der Waals surface area contributed by atoms with E-state index in [0.717, 1.165) is 6.42 Å².